The van der Waals surface area contributed by atoms with E-state index in [1.807, 2.05) is 0 Å². The molecule has 9 heteroatoms. The monoisotopic (exact) mass is 328 g/mol. The predicted octanol–water partition coefficient (Wildman–Crippen LogP) is 1.59. The Balaban J connectivity index is 2.75. The zero-order valence-electron chi connectivity index (χ0n) is 11.3. The van der Waals surface area contributed by atoms with E-state index in [9.17, 15) is 4.79 Å². The van der Waals surface area contributed by atoms with Gasteiger partial charge < -0.3 is 14.8 Å². The van der Waals surface area contributed by atoms with Crippen molar-refractivity contribution in [2.24, 2.45) is 0 Å². The summed E-state index contributed by atoms with van der Waals surface area (Å²) in [7, 11) is 2.96. The molecule has 0 saturated carbocycles. The summed E-state index contributed by atoms with van der Waals surface area (Å²) in [5, 5.41) is 11.7. The Labute approximate surface area is 132 Å². The van der Waals surface area contributed by atoms with Crippen LogP contribution >= 0.6 is 23.8 Å². The third-order valence-electron chi connectivity index (χ3n) is 2.28. The summed E-state index contributed by atoms with van der Waals surface area (Å²) in [6.45, 7) is 0. The summed E-state index contributed by atoms with van der Waals surface area (Å²) in [5.74, 6) is 0.395. The summed E-state index contributed by atoms with van der Waals surface area (Å²) in [6, 6.07) is 4.89. The molecule has 112 valence electrons. The second-order valence-electron chi connectivity index (χ2n) is 3.65. The normalized spacial score (nSPS) is 9.24. The maximum atomic E-state index is 11.1. The maximum Gasteiger partial charge on any atom is 0.252 e. The first-order valence-electron chi connectivity index (χ1n) is 5.66. The first-order valence-corrected chi connectivity index (χ1v) is 6.44. The average Bonchev–Trinajstić information content (AvgIpc) is 2.46. The van der Waals surface area contributed by atoms with Crippen molar-refractivity contribution in [3.63, 3.8) is 0 Å². The van der Waals surface area contributed by atoms with Crippen LogP contribution in [0.3, 0.4) is 0 Å². The van der Waals surface area contributed by atoms with Crippen LogP contribution in [0.25, 0.3) is 0 Å². The van der Waals surface area contributed by atoms with Gasteiger partial charge in [0.25, 0.3) is 5.91 Å². The number of anilines is 1. The van der Waals surface area contributed by atoms with Crippen molar-refractivity contribution in [3.8, 4) is 17.6 Å². The minimum Gasteiger partial charge on any atom is -0.495 e. The molecular weight excluding hydrogens is 316 g/mol. The van der Waals surface area contributed by atoms with Gasteiger partial charge in [0.1, 0.15) is 17.9 Å². The van der Waals surface area contributed by atoms with Gasteiger partial charge in [-0.05, 0) is 12.2 Å². The molecule has 21 heavy (non-hydrogen) atoms. The highest BCUT2D eigenvalue weighted by Crippen LogP contribution is 2.35. The van der Waals surface area contributed by atoms with Gasteiger partial charge in [-0.2, -0.15) is 5.26 Å². The van der Waals surface area contributed by atoms with Crippen LogP contribution in [0.1, 0.15) is 6.42 Å². The van der Waals surface area contributed by atoms with Crippen LogP contribution in [0.5, 0.6) is 11.5 Å². The van der Waals surface area contributed by atoms with Crippen molar-refractivity contribution in [2.75, 3.05) is 19.5 Å². The van der Waals surface area contributed by atoms with E-state index < -0.39 is 5.91 Å². The van der Waals surface area contributed by atoms with E-state index in [4.69, 9.17) is 38.6 Å². The molecule has 0 fully saturated rings. The molecule has 0 heterocycles. The van der Waals surface area contributed by atoms with Crippen LogP contribution in [0.15, 0.2) is 12.1 Å². The summed E-state index contributed by atoms with van der Waals surface area (Å²) in [4.78, 5) is 11.1. The number of ether oxygens (including phenoxy) is 2. The molecule has 3 N–H and O–H groups in total. The number of nitriles is 1. The van der Waals surface area contributed by atoms with E-state index in [-0.39, 0.29) is 11.5 Å². The summed E-state index contributed by atoms with van der Waals surface area (Å²) < 4.78 is 10.3. The van der Waals surface area contributed by atoms with E-state index in [0.717, 1.165) is 0 Å². The highest BCUT2D eigenvalue weighted by molar-refractivity contribution is 7.80. The van der Waals surface area contributed by atoms with Gasteiger partial charge in [0.05, 0.1) is 31.0 Å². The van der Waals surface area contributed by atoms with E-state index in [2.05, 4.69) is 16.2 Å². The number of thiocarbonyl (C=S) groups is 1. The zero-order valence-corrected chi connectivity index (χ0v) is 12.9. The van der Waals surface area contributed by atoms with Crippen LogP contribution < -0.4 is 25.6 Å². The molecule has 0 aliphatic carbocycles. The Morgan fingerprint density at radius 2 is 2.00 bits per heavy atom. The second-order valence-corrected chi connectivity index (χ2v) is 4.46. The van der Waals surface area contributed by atoms with Gasteiger partial charge in [0, 0.05) is 12.1 Å². The molecule has 0 bridgehead atoms. The van der Waals surface area contributed by atoms with E-state index >= 15 is 0 Å². The Morgan fingerprint density at radius 1 is 1.33 bits per heavy atom. The Morgan fingerprint density at radius 3 is 2.57 bits per heavy atom. The number of nitrogens with zero attached hydrogens (tertiary/aromatic N) is 1. The molecule has 0 radical (unpaired) electrons. The Hall–Kier alpha value is -2.24. The van der Waals surface area contributed by atoms with Gasteiger partial charge >= 0.3 is 0 Å². The molecule has 0 saturated heterocycles. The number of hydrazine groups is 1. The molecule has 1 amide bonds. The lowest BCUT2D eigenvalue weighted by atomic mass is 10.2. The number of carbonyl (C=O) groups is 1. The van der Waals surface area contributed by atoms with Crippen molar-refractivity contribution in [2.45, 2.75) is 6.42 Å². The van der Waals surface area contributed by atoms with Crippen LogP contribution in [0.2, 0.25) is 5.02 Å². The van der Waals surface area contributed by atoms with E-state index in [0.29, 0.717) is 22.2 Å². The largest absolute Gasteiger partial charge is 0.495 e. The van der Waals surface area contributed by atoms with Gasteiger partial charge in [0.2, 0.25) is 0 Å². The number of carbonyl (C=O) groups excluding carboxylic acids is 1. The van der Waals surface area contributed by atoms with Crippen molar-refractivity contribution in [1.29, 1.82) is 5.26 Å². The molecule has 0 aliphatic rings. The fraction of sp³-hybridized carbons (Fsp3) is 0.250. The maximum absolute atomic E-state index is 11.1. The number of methoxy groups -OCH3 is 2. The van der Waals surface area contributed by atoms with Gasteiger partial charge in [0.15, 0.2) is 5.11 Å². The number of amides is 1. The molecule has 0 unspecified atom stereocenters. The lowest BCUT2D eigenvalue weighted by molar-refractivity contribution is -0.120. The fourth-order valence-corrected chi connectivity index (χ4v) is 1.75. The van der Waals surface area contributed by atoms with Crippen LogP contribution in [0, 0.1) is 11.3 Å². The minimum absolute atomic E-state index is 0.115. The van der Waals surface area contributed by atoms with Gasteiger partial charge in [-0.25, -0.2) is 0 Å². The number of halogens is 1. The molecule has 7 nitrogen and oxygen atoms in total. The topological polar surface area (TPSA) is 95.4 Å². The van der Waals surface area contributed by atoms with E-state index in [1.165, 1.54) is 14.2 Å². The summed E-state index contributed by atoms with van der Waals surface area (Å²) in [5.41, 5.74) is 5.23. The average molecular weight is 329 g/mol. The second kappa shape index (κ2) is 8.14. The molecule has 0 spiro atoms. The Kier molecular flexibility index (Phi) is 6.52. The summed E-state index contributed by atoms with van der Waals surface area (Å²) in [6.07, 6.45) is -0.270. The van der Waals surface area contributed by atoms with Gasteiger partial charge in [-0.15, -0.1) is 0 Å². The number of benzene rings is 1. The quantitative estimate of drug-likeness (QED) is 0.570. The molecule has 1 aromatic rings. The molecule has 0 aromatic heterocycles. The van der Waals surface area contributed by atoms with Crippen LogP contribution in [0.4, 0.5) is 5.69 Å². The van der Waals surface area contributed by atoms with Crippen molar-refractivity contribution in [1.82, 2.24) is 10.9 Å². The molecule has 1 rings (SSSR count). The third kappa shape index (κ3) is 4.98. The Bertz CT molecular complexity index is 589. The minimum atomic E-state index is -0.498. The van der Waals surface area contributed by atoms with Crippen LogP contribution in [-0.2, 0) is 4.79 Å². The van der Waals surface area contributed by atoms with Gasteiger partial charge in [-0.1, -0.05) is 11.6 Å². The molecule has 1 aromatic carbocycles. The smallest absolute Gasteiger partial charge is 0.252 e. The molecule has 0 atom stereocenters. The van der Waals surface area contributed by atoms with Crippen LogP contribution in [-0.4, -0.2) is 25.2 Å². The highest BCUT2D eigenvalue weighted by Gasteiger charge is 2.11. The fourth-order valence-electron chi connectivity index (χ4n) is 1.35. The molecule has 0 aliphatic heterocycles. The first-order chi connectivity index (χ1) is 10.0. The first kappa shape index (κ1) is 16.8. The van der Waals surface area contributed by atoms with Crippen molar-refractivity contribution < 1.29 is 14.3 Å². The number of nitrogens with one attached hydrogen (secondary N) is 3. The predicted molar refractivity (Wildman–Crippen MR) is 82.3 cm³/mol. The number of hydrogen-bond donors (Lipinski definition) is 3. The zero-order chi connectivity index (χ0) is 15.8. The SMILES string of the molecule is COc1cc(NC(=S)NNC(=O)CC#N)c(OC)cc1Cl. The summed E-state index contributed by atoms with van der Waals surface area (Å²) >= 11 is 11.0. The van der Waals surface area contributed by atoms with Crippen molar-refractivity contribution >= 4 is 40.5 Å². The number of hydrogen-bond acceptors (Lipinski definition) is 5. The van der Waals surface area contributed by atoms with E-state index in [1.54, 1.807) is 18.2 Å². The lowest BCUT2D eigenvalue weighted by Crippen LogP contribution is -2.43. The lowest BCUT2D eigenvalue weighted by Gasteiger charge is -2.15. The number of rotatable bonds is 4. The standard InChI is InChI=1S/C12H13ClN4O3S/c1-19-9-6-8(10(20-2)5-7(9)13)15-12(21)17-16-11(18)3-4-14/h5-6H,3H2,1-2H3,(H,16,18)(H2,15,17,21). The van der Waals surface area contributed by atoms with Gasteiger partial charge in [-0.3, -0.25) is 15.6 Å². The third-order valence-corrected chi connectivity index (χ3v) is 2.78. The van der Waals surface area contributed by atoms with Crippen molar-refractivity contribution in [3.05, 3.63) is 17.2 Å². The molecular formula is C12H13ClN4O3S. The highest BCUT2D eigenvalue weighted by atomic mass is 35.5.